The summed E-state index contributed by atoms with van der Waals surface area (Å²) in [4.78, 5) is 6.87. The predicted molar refractivity (Wildman–Crippen MR) is 94.6 cm³/mol. The zero-order chi connectivity index (χ0) is 17.4. The molecule has 130 valence electrons. The van der Waals surface area contributed by atoms with Crippen LogP contribution in [-0.2, 0) is 11.8 Å². The quantitative estimate of drug-likeness (QED) is 0.733. The number of morpholine rings is 1. The van der Waals surface area contributed by atoms with E-state index < -0.39 is 0 Å². The van der Waals surface area contributed by atoms with Crippen molar-refractivity contribution in [2.45, 2.75) is 6.10 Å². The molecule has 1 aliphatic rings. The lowest BCUT2D eigenvalue weighted by atomic mass is 10.1. The van der Waals surface area contributed by atoms with Gasteiger partial charge in [0.15, 0.2) is 0 Å². The van der Waals surface area contributed by atoms with E-state index in [1.807, 2.05) is 35.9 Å². The normalized spacial score (nSPS) is 17.9. The SMILES string of the molecule is COc1ccc(C2CN(c3nc4ccc(F)cc4n3C)CCO2)cc1. The third-order valence-electron chi connectivity index (χ3n) is 4.66. The first-order chi connectivity index (χ1) is 12.2. The fourth-order valence-electron chi connectivity index (χ4n) is 3.28. The number of benzene rings is 2. The molecule has 0 radical (unpaired) electrons. The van der Waals surface area contributed by atoms with Crippen molar-refractivity contribution in [2.24, 2.45) is 7.05 Å². The summed E-state index contributed by atoms with van der Waals surface area (Å²) in [5.41, 5.74) is 2.70. The van der Waals surface area contributed by atoms with Crippen molar-refractivity contribution < 1.29 is 13.9 Å². The van der Waals surface area contributed by atoms with Gasteiger partial charge in [0.25, 0.3) is 0 Å². The maximum absolute atomic E-state index is 13.5. The summed E-state index contributed by atoms with van der Waals surface area (Å²) in [7, 11) is 3.57. The molecule has 3 aromatic rings. The maximum Gasteiger partial charge on any atom is 0.206 e. The third-order valence-corrected chi connectivity index (χ3v) is 4.66. The first-order valence-corrected chi connectivity index (χ1v) is 8.28. The number of aromatic nitrogens is 2. The molecule has 1 saturated heterocycles. The Hall–Kier alpha value is -2.60. The Kier molecular flexibility index (Phi) is 4.05. The maximum atomic E-state index is 13.5. The molecule has 0 bridgehead atoms. The second-order valence-electron chi connectivity index (χ2n) is 6.18. The van der Waals surface area contributed by atoms with Crippen LogP contribution in [0, 0.1) is 5.82 Å². The van der Waals surface area contributed by atoms with Crippen LogP contribution in [-0.4, -0.2) is 36.4 Å². The van der Waals surface area contributed by atoms with E-state index in [0.29, 0.717) is 13.2 Å². The first-order valence-electron chi connectivity index (χ1n) is 8.28. The van der Waals surface area contributed by atoms with Gasteiger partial charge in [0.1, 0.15) is 17.7 Å². The Labute approximate surface area is 145 Å². The van der Waals surface area contributed by atoms with Gasteiger partial charge in [-0.2, -0.15) is 0 Å². The van der Waals surface area contributed by atoms with Crippen LogP contribution < -0.4 is 9.64 Å². The van der Waals surface area contributed by atoms with Crippen molar-refractivity contribution in [3.8, 4) is 5.75 Å². The van der Waals surface area contributed by atoms with Gasteiger partial charge in [-0.15, -0.1) is 0 Å². The van der Waals surface area contributed by atoms with Gasteiger partial charge in [0.05, 0.1) is 31.3 Å². The number of ether oxygens (including phenoxy) is 2. The predicted octanol–water partition coefficient (Wildman–Crippen LogP) is 3.30. The van der Waals surface area contributed by atoms with Gasteiger partial charge >= 0.3 is 0 Å². The molecule has 2 heterocycles. The number of anilines is 1. The third kappa shape index (κ3) is 2.93. The van der Waals surface area contributed by atoms with Gasteiger partial charge < -0.3 is 18.9 Å². The van der Waals surface area contributed by atoms with Crippen LogP contribution in [0.3, 0.4) is 0 Å². The number of halogens is 1. The summed E-state index contributed by atoms with van der Waals surface area (Å²) in [6.07, 6.45) is -0.0313. The fourth-order valence-corrected chi connectivity index (χ4v) is 3.28. The number of imidazole rings is 1. The lowest BCUT2D eigenvalue weighted by Crippen LogP contribution is -2.39. The van der Waals surface area contributed by atoms with Crippen LogP contribution in [0.15, 0.2) is 42.5 Å². The summed E-state index contributed by atoms with van der Waals surface area (Å²) in [6, 6.07) is 12.6. The Balaban J connectivity index is 1.61. The molecule has 2 aromatic carbocycles. The van der Waals surface area contributed by atoms with Gasteiger partial charge in [-0.25, -0.2) is 9.37 Å². The van der Waals surface area contributed by atoms with Crippen molar-refractivity contribution >= 4 is 17.0 Å². The van der Waals surface area contributed by atoms with E-state index in [1.54, 1.807) is 13.2 Å². The lowest BCUT2D eigenvalue weighted by Gasteiger charge is -2.33. The van der Waals surface area contributed by atoms with E-state index in [4.69, 9.17) is 9.47 Å². The van der Waals surface area contributed by atoms with Crippen molar-refractivity contribution in [1.82, 2.24) is 9.55 Å². The highest BCUT2D eigenvalue weighted by atomic mass is 19.1. The number of nitrogens with zero attached hydrogens (tertiary/aromatic N) is 3. The fraction of sp³-hybridized carbons (Fsp3) is 0.316. The van der Waals surface area contributed by atoms with Crippen molar-refractivity contribution in [3.63, 3.8) is 0 Å². The van der Waals surface area contributed by atoms with Crippen LogP contribution >= 0.6 is 0 Å². The molecule has 1 aliphatic heterocycles. The first kappa shape index (κ1) is 15.9. The van der Waals surface area contributed by atoms with E-state index in [0.717, 1.165) is 34.8 Å². The van der Waals surface area contributed by atoms with Gasteiger partial charge in [-0.3, -0.25) is 0 Å². The molecule has 0 saturated carbocycles. The molecule has 0 aliphatic carbocycles. The minimum absolute atomic E-state index is 0.0313. The monoisotopic (exact) mass is 341 g/mol. The average molecular weight is 341 g/mol. The smallest absolute Gasteiger partial charge is 0.206 e. The number of hydrogen-bond acceptors (Lipinski definition) is 4. The highest BCUT2D eigenvalue weighted by Gasteiger charge is 2.25. The zero-order valence-electron chi connectivity index (χ0n) is 14.3. The summed E-state index contributed by atoms with van der Waals surface area (Å²) in [5.74, 6) is 1.41. The average Bonchev–Trinajstić information content (AvgIpc) is 2.98. The molecule has 6 heteroatoms. The molecule has 25 heavy (non-hydrogen) atoms. The molecule has 1 fully saturated rings. The summed E-state index contributed by atoms with van der Waals surface area (Å²) in [5, 5.41) is 0. The Morgan fingerprint density at radius 1 is 1.20 bits per heavy atom. The Bertz CT molecular complexity index is 892. The Morgan fingerprint density at radius 3 is 2.76 bits per heavy atom. The lowest BCUT2D eigenvalue weighted by molar-refractivity contribution is 0.0391. The van der Waals surface area contributed by atoms with Crippen LogP contribution in [0.25, 0.3) is 11.0 Å². The molecule has 1 aromatic heterocycles. The molecular formula is C19H20FN3O2. The molecule has 0 N–H and O–H groups in total. The molecule has 1 atom stereocenters. The van der Waals surface area contributed by atoms with Crippen molar-refractivity contribution in [2.75, 3.05) is 31.7 Å². The number of rotatable bonds is 3. The number of aryl methyl sites for hydroxylation is 1. The summed E-state index contributed by atoms with van der Waals surface area (Å²) >= 11 is 0. The highest BCUT2D eigenvalue weighted by Crippen LogP contribution is 2.28. The topological polar surface area (TPSA) is 39.5 Å². The van der Waals surface area contributed by atoms with Gasteiger partial charge in [0.2, 0.25) is 5.95 Å². The van der Waals surface area contributed by atoms with E-state index in [9.17, 15) is 4.39 Å². The Morgan fingerprint density at radius 2 is 2.00 bits per heavy atom. The zero-order valence-corrected chi connectivity index (χ0v) is 14.3. The molecule has 0 amide bonds. The van der Waals surface area contributed by atoms with Crippen LogP contribution in [0.1, 0.15) is 11.7 Å². The van der Waals surface area contributed by atoms with Gasteiger partial charge in [0, 0.05) is 13.6 Å². The van der Waals surface area contributed by atoms with Gasteiger partial charge in [-0.05, 0) is 35.9 Å². The highest BCUT2D eigenvalue weighted by molar-refractivity contribution is 5.78. The van der Waals surface area contributed by atoms with Crippen molar-refractivity contribution in [3.05, 3.63) is 53.8 Å². The standard InChI is InChI=1S/C19H20FN3O2/c1-22-17-11-14(20)5-8-16(17)21-19(22)23-9-10-25-18(12-23)13-3-6-15(24-2)7-4-13/h3-8,11,18H,9-10,12H2,1-2H3. The molecular weight excluding hydrogens is 321 g/mol. The number of fused-ring (bicyclic) bond motifs is 1. The van der Waals surface area contributed by atoms with Gasteiger partial charge in [-0.1, -0.05) is 12.1 Å². The molecule has 5 nitrogen and oxygen atoms in total. The van der Waals surface area contributed by atoms with E-state index in [-0.39, 0.29) is 11.9 Å². The minimum atomic E-state index is -0.250. The second kappa shape index (κ2) is 6.37. The minimum Gasteiger partial charge on any atom is -0.497 e. The molecule has 1 unspecified atom stereocenters. The number of hydrogen-bond donors (Lipinski definition) is 0. The largest absolute Gasteiger partial charge is 0.497 e. The van der Waals surface area contributed by atoms with Crippen LogP contribution in [0.2, 0.25) is 0 Å². The van der Waals surface area contributed by atoms with E-state index in [1.165, 1.54) is 12.1 Å². The van der Waals surface area contributed by atoms with Crippen molar-refractivity contribution in [1.29, 1.82) is 0 Å². The van der Waals surface area contributed by atoms with E-state index >= 15 is 0 Å². The van der Waals surface area contributed by atoms with Crippen LogP contribution in [0.5, 0.6) is 5.75 Å². The van der Waals surface area contributed by atoms with Crippen LogP contribution in [0.4, 0.5) is 10.3 Å². The number of methoxy groups -OCH3 is 1. The summed E-state index contributed by atoms with van der Waals surface area (Å²) in [6.45, 7) is 2.08. The van der Waals surface area contributed by atoms with E-state index in [2.05, 4.69) is 9.88 Å². The summed E-state index contributed by atoms with van der Waals surface area (Å²) < 4.78 is 26.6. The molecule has 0 spiro atoms. The second-order valence-corrected chi connectivity index (χ2v) is 6.18. The molecule has 4 rings (SSSR count).